The van der Waals surface area contributed by atoms with Crippen molar-refractivity contribution in [2.75, 3.05) is 7.11 Å². The summed E-state index contributed by atoms with van der Waals surface area (Å²) in [6, 6.07) is 8.64. The van der Waals surface area contributed by atoms with Crippen LogP contribution in [-0.2, 0) is 14.3 Å². The molecule has 0 bridgehead atoms. The second-order valence-corrected chi connectivity index (χ2v) is 4.04. The van der Waals surface area contributed by atoms with Crippen LogP contribution in [0.15, 0.2) is 30.3 Å². The lowest BCUT2D eigenvalue weighted by Gasteiger charge is -2.26. The van der Waals surface area contributed by atoms with Crippen molar-refractivity contribution < 1.29 is 19.1 Å². The van der Waals surface area contributed by atoms with E-state index in [-0.39, 0.29) is 5.78 Å². The fraction of sp³-hybridized carbons (Fsp3) is 0.429. The first-order valence-electron chi connectivity index (χ1n) is 5.90. The van der Waals surface area contributed by atoms with Crippen molar-refractivity contribution in [3.63, 3.8) is 0 Å². The van der Waals surface area contributed by atoms with Crippen LogP contribution in [0.3, 0.4) is 0 Å². The normalized spacial score (nSPS) is 13.7. The Morgan fingerprint density at radius 2 is 1.83 bits per heavy atom. The third kappa shape index (κ3) is 2.96. The third-order valence-electron chi connectivity index (χ3n) is 2.80. The lowest BCUT2D eigenvalue weighted by molar-refractivity contribution is -0.166. The molecule has 0 saturated carbocycles. The Balaban J connectivity index is 2.93. The zero-order valence-electron chi connectivity index (χ0n) is 10.9. The maximum Gasteiger partial charge on any atom is 0.351 e. The molecule has 1 atom stereocenters. The summed E-state index contributed by atoms with van der Waals surface area (Å²) in [6.07, 6.45) is 0.960. The molecule has 0 spiro atoms. The SMILES string of the molecule is CCCC(OC)(C(C)=O)C(=O)Oc1ccccc1. The second-order valence-electron chi connectivity index (χ2n) is 4.04. The number of Topliss-reactive ketones (excluding diaryl/α,β-unsaturated/α-hetero) is 1. The summed E-state index contributed by atoms with van der Waals surface area (Å²) in [6.45, 7) is 3.22. The molecule has 4 heteroatoms. The van der Waals surface area contributed by atoms with Crippen molar-refractivity contribution >= 4 is 11.8 Å². The summed E-state index contributed by atoms with van der Waals surface area (Å²) in [5.41, 5.74) is -1.50. The molecule has 1 aromatic rings. The average molecular weight is 250 g/mol. The quantitative estimate of drug-likeness (QED) is 0.442. The van der Waals surface area contributed by atoms with Crippen LogP contribution >= 0.6 is 0 Å². The van der Waals surface area contributed by atoms with E-state index in [0.717, 1.165) is 0 Å². The molecule has 98 valence electrons. The standard InChI is InChI=1S/C14H18O4/c1-4-10-14(17-3,11(2)15)13(16)18-12-8-6-5-7-9-12/h5-9H,4,10H2,1-3H3. The molecule has 1 rings (SSSR count). The number of benzene rings is 1. The van der Waals surface area contributed by atoms with Crippen LogP contribution in [0.4, 0.5) is 0 Å². The summed E-state index contributed by atoms with van der Waals surface area (Å²) in [5.74, 6) is -0.598. The van der Waals surface area contributed by atoms with Gasteiger partial charge in [-0.25, -0.2) is 4.79 Å². The molecule has 0 amide bonds. The molecule has 0 heterocycles. The summed E-state index contributed by atoms with van der Waals surface area (Å²) >= 11 is 0. The van der Waals surface area contributed by atoms with Crippen LogP contribution in [0.5, 0.6) is 5.75 Å². The molecule has 0 aliphatic rings. The fourth-order valence-electron chi connectivity index (χ4n) is 1.78. The van der Waals surface area contributed by atoms with E-state index >= 15 is 0 Å². The van der Waals surface area contributed by atoms with Crippen molar-refractivity contribution in [1.82, 2.24) is 0 Å². The molecule has 1 unspecified atom stereocenters. The predicted molar refractivity (Wildman–Crippen MR) is 67.4 cm³/mol. The van der Waals surface area contributed by atoms with Crippen molar-refractivity contribution in [3.8, 4) is 5.75 Å². The molecule has 18 heavy (non-hydrogen) atoms. The molecule has 0 radical (unpaired) electrons. The van der Waals surface area contributed by atoms with Gasteiger partial charge in [0.1, 0.15) is 5.75 Å². The van der Waals surface area contributed by atoms with Gasteiger partial charge >= 0.3 is 5.97 Å². The van der Waals surface area contributed by atoms with E-state index in [1.165, 1.54) is 14.0 Å². The molecule has 0 aromatic heterocycles. The Bertz CT molecular complexity index is 413. The summed E-state index contributed by atoms with van der Waals surface area (Å²) in [5, 5.41) is 0. The number of hydrogen-bond acceptors (Lipinski definition) is 4. The van der Waals surface area contributed by atoms with Crippen LogP contribution in [0.25, 0.3) is 0 Å². The first kappa shape index (κ1) is 14.4. The van der Waals surface area contributed by atoms with E-state index < -0.39 is 11.6 Å². The Labute approximate surface area is 107 Å². The van der Waals surface area contributed by atoms with Gasteiger partial charge in [-0.3, -0.25) is 4.79 Å². The molecular weight excluding hydrogens is 232 g/mol. The Kier molecular flexibility index (Phi) is 5.04. The third-order valence-corrected chi connectivity index (χ3v) is 2.80. The number of carbonyl (C=O) groups is 2. The van der Waals surface area contributed by atoms with Gasteiger partial charge in [0, 0.05) is 7.11 Å². The number of carbonyl (C=O) groups excluding carboxylic acids is 2. The molecule has 0 saturated heterocycles. The van der Waals surface area contributed by atoms with Gasteiger partial charge in [0.15, 0.2) is 5.78 Å². The minimum Gasteiger partial charge on any atom is -0.424 e. The van der Waals surface area contributed by atoms with Gasteiger partial charge in [0.25, 0.3) is 0 Å². The zero-order chi connectivity index (χ0) is 13.6. The number of methoxy groups -OCH3 is 1. The highest BCUT2D eigenvalue weighted by Crippen LogP contribution is 2.22. The molecular formula is C14H18O4. The largest absolute Gasteiger partial charge is 0.424 e. The van der Waals surface area contributed by atoms with Gasteiger partial charge in [-0.05, 0) is 25.5 Å². The van der Waals surface area contributed by atoms with Crippen molar-refractivity contribution in [2.24, 2.45) is 0 Å². The molecule has 0 aliphatic carbocycles. The second kappa shape index (κ2) is 6.31. The average Bonchev–Trinajstić information content (AvgIpc) is 2.36. The van der Waals surface area contributed by atoms with Gasteiger partial charge in [-0.15, -0.1) is 0 Å². The predicted octanol–water partition coefficient (Wildman–Crippen LogP) is 2.37. The van der Waals surface area contributed by atoms with Crippen molar-refractivity contribution in [2.45, 2.75) is 32.3 Å². The van der Waals surface area contributed by atoms with E-state index in [1.54, 1.807) is 24.3 Å². The smallest absolute Gasteiger partial charge is 0.351 e. The summed E-state index contributed by atoms with van der Waals surface area (Å²) in [7, 11) is 1.35. The first-order valence-corrected chi connectivity index (χ1v) is 5.90. The maximum atomic E-state index is 12.1. The lowest BCUT2D eigenvalue weighted by atomic mass is 9.93. The highest BCUT2D eigenvalue weighted by atomic mass is 16.6. The monoisotopic (exact) mass is 250 g/mol. The minimum atomic E-state index is -1.50. The summed E-state index contributed by atoms with van der Waals surface area (Å²) in [4.78, 5) is 23.8. The van der Waals surface area contributed by atoms with Crippen LogP contribution in [-0.4, -0.2) is 24.5 Å². The molecule has 4 nitrogen and oxygen atoms in total. The van der Waals surface area contributed by atoms with Gasteiger partial charge in [0.2, 0.25) is 5.60 Å². The van der Waals surface area contributed by atoms with E-state index in [9.17, 15) is 9.59 Å². The van der Waals surface area contributed by atoms with Gasteiger partial charge < -0.3 is 9.47 Å². The number of rotatable bonds is 6. The van der Waals surface area contributed by atoms with Crippen molar-refractivity contribution in [3.05, 3.63) is 30.3 Å². The van der Waals surface area contributed by atoms with Crippen LogP contribution in [0.1, 0.15) is 26.7 Å². The number of esters is 1. The molecule has 0 N–H and O–H groups in total. The van der Waals surface area contributed by atoms with Gasteiger partial charge in [-0.1, -0.05) is 31.5 Å². The van der Waals surface area contributed by atoms with Gasteiger partial charge in [-0.2, -0.15) is 0 Å². The van der Waals surface area contributed by atoms with Gasteiger partial charge in [0.05, 0.1) is 0 Å². The highest BCUT2D eigenvalue weighted by molar-refractivity contribution is 6.06. The number of ether oxygens (including phenoxy) is 2. The Morgan fingerprint density at radius 3 is 2.28 bits per heavy atom. The zero-order valence-corrected chi connectivity index (χ0v) is 10.9. The Hall–Kier alpha value is -1.68. The van der Waals surface area contributed by atoms with E-state index in [4.69, 9.17) is 9.47 Å². The van der Waals surface area contributed by atoms with Crippen molar-refractivity contribution in [1.29, 1.82) is 0 Å². The lowest BCUT2D eigenvalue weighted by Crippen LogP contribution is -2.49. The Morgan fingerprint density at radius 1 is 1.22 bits per heavy atom. The summed E-state index contributed by atoms with van der Waals surface area (Å²) < 4.78 is 10.3. The number of hydrogen-bond donors (Lipinski definition) is 0. The van der Waals surface area contributed by atoms with E-state index in [0.29, 0.717) is 18.6 Å². The minimum absolute atomic E-state index is 0.310. The van der Waals surface area contributed by atoms with Crippen LogP contribution in [0, 0.1) is 0 Å². The van der Waals surface area contributed by atoms with E-state index in [2.05, 4.69) is 0 Å². The number of ketones is 1. The maximum absolute atomic E-state index is 12.1. The van der Waals surface area contributed by atoms with Crippen LogP contribution < -0.4 is 4.74 Å². The van der Waals surface area contributed by atoms with Crippen LogP contribution in [0.2, 0.25) is 0 Å². The highest BCUT2D eigenvalue weighted by Gasteiger charge is 2.44. The first-order chi connectivity index (χ1) is 8.56. The molecule has 1 aromatic carbocycles. The molecule has 0 aliphatic heterocycles. The molecule has 0 fully saturated rings. The fourth-order valence-corrected chi connectivity index (χ4v) is 1.78. The topological polar surface area (TPSA) is 52.6 Å². The van der Waals surface area contributed by atoms with E-state index in [1.807, 2.05) is 13.0 Å². The number of para-hydroxylation sites is 1.